The fourth-order valence-corrected chi connectivity index (χ4v) is 2.48. The number of nitrogens with zero attached hydrogens (tertiary/aromatic N) is 2. The molecule has 1 saturated heterocycles. The van der Waals surface area contributed by atoms with Crippen molar-refractivity contribution in [2.24, 2.45) is 11.8 Å². The lowest BCUT2D eigenvalue weighted by Crippen LogP contribution is -2.25. The van der Waals surface area contributed by atoms with Gasteiger partial charge in [0.15, 0.2) is 0 Å². The van der Waals surface area contributed by atoms with E-state index in [2.05, 4.69) is 31.1 Å². The van der Waals surface area contributed by atoms with Gasteiger partial charge in [-0.3, -0.25) is 9.78 Å². The van der Waals surface area contributed by atoms with Crippen molar-refractivity contribution in [3.8, 4) is 0 Å². The average Bonchev–Trinajstić information content (AvgIpc) is 2.72. The van der Waals surface area contributed by atoms with Gasteiger partial charge >= 0.3 is 0 Å². The Morgan fingerprint density at radius 3 is 2.95 bits per heavy atom. The number of pyridine rings is 1. The zero-order chi connectivity index (χ0) is 13.8. The first-order valence-electron chi connectivity index (χ1n) is 7.06. The van der Waals surface area contributed by atoms with E-state index < -0.39 is 0 Å². The van der Waals surface area contributed by atoms with E-state index in [4.69, 9.17) is 0 Å². The van der Waals surface area contributed by atoms with Gasteiger partial charge in [0.05, 0.1) is 12.2 Å². The van der Waals surface area contributed by atoms with Crippen LogP contribution in [0, 0.1) is 11.8 Å². The number of carbonyl (C=O) groups is 1. The normalized spacial score (nSPS) is 19.3. The summed E-state index contributed by atoms with van der Waals surface area (Å²) in [4.78, 5) is 18.3. The number of rotatable bonds is 5. The smallest absolute Gasteiger partial charge is 0.223 e. The molecule has 1 aromatic heterocycles. The molecular formula is C15H23N3O. The van der Waals surface area contributed by atoms with E-state index in [1.54, 1.807) is 6.20 Å². The van der Waals surface area contributed by atoms with Crippen LogP contribution in [-0.4, -0.2) is 28.9 Å². The predicted molar refractivity (Wildman–Crippen MR) is 76.8 cm³/mol. The van der Waals surface area contributed by atoms with Gasteiger partial charge in [0.1, 0.15) is 0 Å². The van der Waals surface area contributed by atoms with Gasteiger partial charge in [-0.15, -0.1) is 0 Å². The van der Waals surface area contributed by atoms with Crippen molar-refractivity contribution in [1.29, 1.82) is 0 Å². The van der Waals surface area contributed by atoms with Crippen LogP contribution in [0.5, 0.6) is 0 Å². The Morgan fingerprint density at radius 1 is 1.53 bits per heavy atom. The largest absolute Gasteiger partial charge is 0.385 e. The standard InChI is InChI=1S/C15H23N3O/c1-4-16-13-5-6-17-14(8-13)10-18-9-12(11(2)3)7-15(18)19/h5-6,8,11-12H,4,7,9-10H2,1-3H3,(H,16,17). The van der Waals surface area contributed by atoms with Gasteiger partial charge in [-0.05, 0) is 30.9 Å². The quantitative estimate of drug-likeness (QED) is 0.886. The lowest BCUT2D eigenvalue weighted by Gasteiger charge is -2.18. The Hall–Kier alpha value is -1.58. The number of anilines is 1. The van der Waals surface area contributed by atoms with Crippen molar-refractivity contribution in [3.63, 3.8) is 0 Å². The summed E-state index contributed by atoms with van der Waals surface area (Å²) in [5, 5.41) is 3.27. The second-order valence-electron chi connectivity index (χ2n) is 5.55. The third-order valence-corrected chi connectivity index (χ3v) is 3.74. The van der Waals surface area contributed by atoms with E-state index in [9.17, 15) is 4.79 Å². The Morgan fingerprint density at radius 2 is 2.32 bits per heavy atom. The molecule has 1 N–H and O–H groups in total. The molecule has 1 atom stereocenters. The Balaban J connectivity index is 2.01. The highest BCUT2D eigenvalue weighted by Crippen LogP contribution is 2.26. The third kappa shape index (κ3) is 3.46. The first-order valence-corrected chi connectivity index (χ1v) is 7.06. The molecule has 0 saturated carbocycles. The summed E-state index contributed by atoms with van der Waals surface area (Å²) < 4.78 is 0. The van der Waals surface area contributed by atoms with Gasteiger partial charge in [-0.25, -0.2) is 0 Å². The zero-order valence-electron chi connectivity index (χ0n) is 12.0. The van der Waals surface area contributed by atoms with Gasteiger partial charge in [-0.1, -0.05) is 13.8 Å². The minimum absolute atomic E-state index is 0.259. The molecule has 1 amide bonds. The summed E-state index contributed by atoms with van der Waals surface area (Å²) in [5.41, 5.74) is 2.02. The van der Waals surface area contributed by atoms with E-state index in [-0.39, 0.29) is 5.91 Å². The van der Waals surface area contributed by atoms with Crippen LogP contribution < -0.4 is 5.32 Å². The summed E-state index contributed by atoms with van der Waals surface area (Å²) in [6.45, 7) is 8.82. The average molecular weight is 261 g/mol. The molecule has 1 aliphatic rings. The van der Waals surface area contributed by atoms with Crippen molar-refractivity contribution in [1.82, 2.24) is 9.88 Å². The van der Waals surface area contributed by atoms with Crippen LogP contribution in [0.1, 0.15) is 32.9 Å². The van der Waals surface area contributed by atoms with Crippen LogP contribution in [0.4, 0.5) is 5.69 Å². The van der Waals surface area contributed by atoms with Crippen molar-refractivity contribution in [3.05, 3.63) is 24.0 Å². The van der Waals surface area contributed by atoms with E-state index >= 15 is 0 Å². The summed E-state index contributed by atoms with van der Waals surface area (Å²) in [6, 6.07) is 3.98. The Kier molecular flexibility index (Phi) is 4.40. The van der Waals surface area contributed by atoms with Gasteiger partial charge < -0.3 is 10.2 Å². The zero-order valence-corrected chi connectivity index (χ0v) is 12.0. The fraction of sp³-hybridized carbons (Fsp3) is 0.600. The molecular weight excluding hydrogens is 238 g/mol. The summed E-state index contributed by atoms with van der Waals surface area (Å²) in [6.07, 6.45) is 2.48. The maximum Gasteiger partial charge on any atom is 0.223 e. The second-order valence-corrected chi connectivity index (χ2v) is 5.55. The van der Waals surface area contributed by atoms with Crippen molar-refractivity contribution in [2.45, 2.75) is 33.7 Å². The second kappa shape index (κ2) is 6.04. The SMILES string of the molecule is CCNc1ccnc(CN2CC(C(C)C)CC2=O)c1. The molecule has 0 aliphatic carbocycles. The highest BCUT2D eigenvalue weighted by atomic mass is 16.2. The molecule has 0 radical (unpaired) electrons. The number of aromatic nitrogens is 1. The number of carbonyl (C=O) groups excluding carboxylic acids is 1. The van der Waals surface area contributed by atoms with Crippen LogP contribution in [0.15, 0.2) is 18.3 Å². The highest BCUT2D eigenvalue weighted by Gasteiger charge is 2.31. The molecule has 104 valence electrons. The van der Waals surface area contributed by atoms with Gasteiger partial charge in [0, 0.05) is 31.4 Å². The van der Waals surface area contributed by atoms with E-state index in [1.165, 1.54) is 0 Å². The molecule has 2 heterocycles. The molecule has 1 fully saturated rings. The van der Waals surface area contributed by atoms with Crippen LogP contribution in [0.2, 0.25) is 0 Å². The molecule has 0 bridgehead atoms. The number of hydrogen-bond donors (Lipinski definition) is 1. The topological polar surface area (TPSA) is 45.2 Å². The monoisotopic (exact) mass is 261 g/mol. The number of likely N-dealkylation sites (tertiary alicyclic amines) is 1. The molecule has 2 rings (SSSR count). The van der Waals surface area contributed by atoms with Gasteiger partial charge in [0.2, 0.25) is 5.91 Å². The molecule has 1 unspecified atom stereocenters. The number of hydrogen-bond acceptors (Lipinski definition) is 3. The molecule has 1 aromatic rings. The molecule has 4 heteroatoms. The maximum absolute atomic E-state index is 12.0. The molecule has 1 aliphatic heterocycles. The van der Waals surface area contributed by atoms with Crippen molar-refractivity contribution in [2.75, 3.05) is 18.4 Å². The number of nitrogens with one attached hydrogen (secondary N) is 1. The predicted octanol–water partition coefficient (Wildman–Crippen LogP) is 2.52. The highest BCUT2D eigenvalue weighted by molar-refractivity contribution is 5.78. The minimum atomic E-state index is 0.259. The first-order chi connectivity index (χ1) is 9.10. The lowest BCUT2D eigenvalue weighted by atomic mass is 9.95. The maximum atomic E-state index is 12.0. The molecule has 0 spiro atoms. The van der Waals surface area contributed by atoms with E-state index in [0.29, 0.717) is 24.8 Å². The number of amides is 1. The van der Waals surface area contributed by atoms with Crippen LogP contribution in [0.25, 0.3) is 0 Å². The summed E-state index contributed by atoms with van der Waals surface area (Å²) in [5.74, 6) is 1.31. The Bertz CT molecular complexity index is 445. The summed E-state index contributed by atoms with van der Waals surface area (Å²) >= 11 is 0. The van der Waals surface area contributed by atoms with Crippen LogP contribution >= 0.6 is 0 Å². The van der Waals surface area contributed by atoms with Gasteiger partial charge in [0.25, 0.3) is 0 Å². The molecule has 0 aromatic carbocycles. The molecule has 4 nitrogen and oxygen atoms in total. The van der Waals surface area contributed by atoms with Crippen LogP contribution in [-0.2, 0) is 11.3 Å². The van der Waals surface area contributed by atoms with Crippen molar-refractivity contribution >= 4 is 11.6 Å². The fourth-order valence-electron chi connectivity index (χ4n) is 2.48. The Labute approximate surface area is 115 Å². The molecule has 19 heavy (non-hydrogen) atoms. The van der Waals surface area contributed by atoms with Crippen molar-refractivity contribution < 1.29 is 4.79 Å². The van der Waals surface area contributed by atoms with Crippen LogP contribution in [0.3, 0.4) is 0 Å². The third-order valence-electron chi connectivity index (χ3n) is 3.74. The first kappa shape index (κ1) is 13.8. The lowest BCUT2D eigenvalue weighted by molar-refractivity contribution is -0.128. The van der Waals surface area contributed by atoms with Gasteiger partial charge in [-0.2, -0.15) is 0 Å². The van der Waals surface area contributed by atoms with E-state index in [0.717, 1.165) is 24.5 Å². The van der Waals surface area contributed by atoms with E-state index in [1.807, 2.05) is 17.0 Å². The summed E-state index contributed by atoms with van der Waals surface area (Å²) in [7, 11) is 0. The minimum Gasteiger partial charge on any atom is -0.385 e.